The lowest BCUT2D eigenvalue weighted by molar-refractivity contribution is -0.137. The molecule has 0 radical (unpaired) electrons. The van der Waals surface area contributed by atoms with E-state index in [0.717, 1.165) is 0 Å². The molecule has 0 unspecified atom stereocenters. The Morgan fingerprint density at radius 3 is 2.26 bits per heavy atom. The van der Waals surface area contributed by atoms with Crippen molar-refractivity contribution in [1.29, 1.82) is 0 Å². The normalized spacial score (nSPS) is 9.96. The quantitative estimate of drug-likeness (QED) is 0.795. The molecule has 0 aromatic heterocycles. The molecule has 23 heavy (non-hydrogen) atoms. The fourth-order valence-electron chi connectivity index (χ4n) is 2.09. The van der Waals surface area contributed by atoms with Gasteiger partial charge in [-0.3, -0.25) is 4.79 Å². The topological polar surface area (TPSA) is 97.3 Å². The zero-order valence-corrected chi connectivity index (χ0v) is 13.9. The Bertz CT molecular complexity index is 588. The van der Waals surface area contributed by atoms with E-state index in [2.05, 4.69) is 5.32 Å². The summed E-state index contributed by atoms with van der Waals surface area (Å²) in [7, 11) is 6.01. The summed E-state index contributed by atoms with van der Waals surface area (Å²) in [5.74, 6) is 0.447. The minimum Gasteiger partial charge on any atom is -0.494 e. The Morgan fingerprint density at radius 1 is 1.17 bits per heavy atom. The zero-order valence-electron chi connectivity index (χ0n) is 13.9. The van der Waals surface area contributed by atoms with Crippen molar-refractivity contribution in [1.82, 2.24) is 4.90 Å². The molecule has 0 aliphatic carbocycles. The fraction of sp³-hybridized carbons (Fsp3) is 0.467. The molecule has 0 saturated heterocycles. The molecular weight excluding hydrogens is 304 g/mol. The largest absolute Gasteiger partial charge is 0.494 e. The Balaban J connectivity index is 3.05. The van der Waals surface area contributed by atoms with Crippen LogP contribution in [0.1, 0.15) is 12.0 Å². The Morgan fingerprint density at radius 2 is 1.78 bits per heavy atom. The molecule has 8 nitrogen and oxygen atoms in total. The third kappa shape index (κ3) is 4.41. The van der Waals surface area contributed by atoms with Crippen LogP contribution in [0, 0.1) is 6.92 Å². The van der Waals surface area contributed by atoms with Gasteiger partial charge in [-0.15, -0.1) is 0 Å². The first-order valence-corrected chi connectivity index (χ1v) is 6.89. The zero-order chi connectivity index (χ0) is 17.6. The molecule has 0 heterocycles. The Kier molecular flexibility index (Phi) is 6.49. The van der Waals surface area contributed by atoms with Crippen LogP contribution in [0.2, 0.25) is 0 Å². The first-order valence-electron chi connectivity index (χ1n) is 6.89. The summed E-state index contributed by atoms with van der Waals surface area (Å²) in [5, 5.41) is 11.4. The van der Waals surface area contributed by atoms with Gasteiger partial charge in [0.25, 0.3) is 0 Å². The van der Waals surface area contributed by atoms with Gasteiger partial charge in [-0.2, -0.15) is 0 Å². The number of carboxylic acids is 1. The number of nitrogens with zero attached hydrogens (tertiary/aromatic N) is 1. The Hall–Kier alpha value is -2.64. The molecule has 8 heteroatoms. The van der Waals surface area contributed by atoms with Gasteiger partial charge in [0, 0.05) is 25.2 Å². The molecule has 0 aliphatic rings. The van der Waals surface area contributed by atoms with E-state index in [1.165, 1.54) is 33.3 Å². The number of nitrogens with one attached hydrogen (secondary N) is 1. The van der Waals surface area contributed by atoms with Crippen molar-refractivity contribution in [3.63, 3.8) is 0 Å². The highest BCUT2D eigenvalue weighted by atomic mass is 16.5. The highest BCUT2D eigenvalue weighted by molar-refractivity contribution is 5.92. The van der Waals surface area contributed by atoms with E-state index in [4.69, 9.17) is 19.3 Å². The molecule has 1 aromatic carbocycles. The number of hydrogen-bond donors (Lipinski definition) is 2. The van der Waals surface area contributed by atoms with Crippen LogP contribution in [0.4, 0.5) is 10.5 Å². The summed E-state index contributed by atoms with van der Waals surface area (Å²) in [6, 6.07) is 1.14. The van der Waals surface area contributed by atoms with E-state index in [9.17, 15) is 9.59 Å². The molecule has 1 aromatic rings. The van der Waals surface area contributed by atoms with Crippen molar-refractivity contribution < 1.29 is 28.9 Å². The number of hydrogen-bond acceptors (Lipinski definition) is 5. The third-order valence-corrected chi connectivity index (χ3v) is 3.30. The first-order chi connectivity index (χ1) is 10.8. The van der Waals surface area contributed by atoms with Gasteiger partial charge in [-0.05, 0) is 6.92 Å². The van der Waals surface area contributed by atoms with E-state index < -0.39 is 12.0 Å². The van der Waals surface area contributed by atoms with Gasteiger partial charge in [-0.1, -0.05) is 0 Å². The van der Waals surface area contributed by atoms with Crippen LogP contribution in [0.15, 0.2) is 6.07 Å². The molecule has 128 valence electrons. The summed E-state index contributed by atoms with van der Waals surface area (Å²) in [4.78, 5) is 24.0. The number of aliphatic carboxylic acids is 1. The maximum Gasteiger partial charge on any atom is 0.321 e. The van der Waals surface area contributed by atoms with E-state index >= 15 is 0 Å². The van der Waals surface area contributed by atoms with E-state index in [1.54, 1.807) is 13.0 Å². The van der Waals surface area contributed by atoms with Crippen LogP contribution in [0.5, 0.6) is 17.2 Å². The van der Waals surface area contributed by atoms with Gasteiger partial charge in [0.1, 0.15) is 5.75 Å². The number of amides is 2. The number of anilines is 1. The van der Waals surface area contributed by atoms with E-state index in [0.29, 0.717) is 28.5 Å². The summed E-state index contributed by atoms with van der Waals surface area (Å²) in [5.41, 5.74) is 1.09. The number of ether oxygens (including phenoxy) is 3. The summed E-state index contributed by atoms with van der Waals surface area (Å²) < 4.78 is 15.9. The molecule has 0 bridgehead atoms. The molecule has 0 aliphatic heterocycles. The molecule has 0 atom stereocenters. The smallest absolute Gasteiger partial charge is 0.321 e. The number of carbonyl (C=O) groups is 2. The molecule has 0 fully saturated rings. The molecule has 0 saturated carbocycles. The summed E-state index contributed by atoms with van der Waals surface area (Å²) in [6.07, 6.45) is -0.133. The lowest BCUT2D eigenvalue weighted by atomic mass is 10.1. The van der Waals surface area contributed by atoms with Gasteiger partial charge < -0.3 is 29.5 Å². The van der Waals surface area contributed by atoms with Crippen molar-refractivity contribution >= 4 is 17.7 Å². The number of carbonyl (C=O) groups excluding carboxylic acids is 1. The molecule has 0 spiro atoms. The number of urea groups is 1. The van der Waals surface area contributed by atoms with Gasteiger partial charge in [0.05, 0.1) is 33.4 Å². The van der Waals surface area contributed by atoms with Crippen LogP contribution in [0.3, 0.4) is 0 Å². The predicted octanol–water partition coefficient (Wildman–Crippen LogP) is 1.96. The van der Waals surface area contributed by atoms with Gasteiger partial charge in [0.2, 0.25) is 0 Å². The third-order valence-electron chi connectivity index (χ3n) is 3.30. The maximum absolute atomic E-state index is 12.2. The highest BCUT2D eigenvalue weighted by Crippen LogP contribution is 2.42. The van der Waals surface area contributed by atoms with Crippen LogP contribution < -0.4 is 19.5 Å². The highest BCUT2D eigenvalue weighted by Gasteiger charge is 2.20. The SMILES string of the molecule is COc1cc(NC(=O)N(C)CCC(=O)O)c(OC)c(C)c1OC. The van der Waals surface area contributed by atoms with Gasteiger partial charge in [0.15, 0.2) is 11.5 Å². The fourth-order valence-corrected chi connectivity index (χ4v) is 2.09. The molecular formula is C15H22N2O6. The number of benzene rings is 1. The second kappa shape index (κ2) is 8.11. The van der Waals surface area contributed by atoms with Gasteiger partial charge in [-0.25, -0.2) is 4.79 Å². The average Bonchev–Trinajstić information content (AvgIpc) is 2.52. The summed E-state index contributed by atoms with van der Waals surface area (Å²) >= 11 is 0. The van der Waals surface area contributed by atoms with Crippen molar-refractivity contribution in [3.8, 4) is 17.2 Å². The molecule has 1 rings (SSSR count). The van der Waals surface area contributed by atoms with Crippen LogP contribution >= 0.6 is 0 Å². The number of carboxylic acid groups (broad SMARTS) is 1. The van der Waals surface area contributed by atoms with Crippen LogP contribution in [0.25, 0.3) is 0 Å². The first kappa shape index (κ1) is 18.4. The van der Waals surface area contributed by atoms with Crippen molar-refractivity contribution in [2.75, 3.05) is 40.2 Å². The van der Waals surface area contributed by atoms with E-state index in [-0.39, 0.29) is 13.0 Å². The Labute approximate surface area is 134 Å². The molecule has 2 amide bonds. The second-order valence-corrected chi connectivity index (χ2v) is 4.81. The monoisotopic (exact) mass is 326 g/mol. The molecule has 2 N–H and O–H groups in total. The van der Waals surface area contributed by atoms with Crippen LogP contribution in [-0.2, 0) is 4.79 Å². The average molecular weight is 326 g/mol. The minimum absolute atomic E-state index is 0.0930. The minimum atomic E-state index is -0.968. The van der Waals surface area contributed by atoms with Crippen LogP contribution in [-0.4, -0.2) is 56.9 Å². The van der Waals surface area contributed by atoms with Crippen molar-refractivity contribution in [2.45, 2.75) is 13.3 Å². The predicted molar refractivity (Wildman–Crippen MR) is 84.7 cm³/mol. The van der Waals surface area contributed by atoms with Crippen molar-refractivity contribution in [3.05, 3.63) is 11.6 Å². The lowest BCUT2D eigenvalue weighted by Crippen LogP contribution is -2.33. The van der Waals surface area contributed by atoms with Crippen molar-refractivity contribution in [2.24, 2.45) is 0 Å². The van der Waals surface area contributed by atoms with Gasteiger partial charge >= 0.3 is 12.0 Å². The number of methoxy groups -OCH3 is 3. The lowest BCUT2D eigenvalue weighted by Gasteiger charge is -2.21. The standard InChI is InChI=1S/C15H22N2O6/c1-9-13(22-4)10(8-11(21-3)14(9)23-5)16-15(20)17(2)7-6-12(18)19/h8H,6-7H2,1-5H3,(H,16,20)(H,18,19). The van der Waals surface area contributed by atoms with E-state index in [1.807, 2.05) is 0 Å². The summed E-state index contributed by atoms with van der Waals surface area (Å²) in [6.45, 7) is 1.87. The second-order valence-electron chi connectivity index (χ2n) is 4.81. The number of rotatable bonds is 7. The maximum atomic E-state index is 12.2.